The van der Waals surface area contributed by atoms with Gasteiger partial charge in [-0.25, -0.2) is 4.98 Å². The number of rotatable bonds is 12. The molecule has 0 saturated carbocycles. The molecule has 47 heavy (non-hydrogen) atoms. The van der Waals surface area contributed by atoms with Crippen LogP contribution in [0.3, 0.4) is 0 Å². The number of aromatic nitrogens is 1. The van der Waals surface area contributed by atoms with Crippen LogP contribution in [0.1, 0.15) is 41.6 Å². The fraction of sp³-hybridized carbons (Fsp3) is 0.432. The van der Waals surface area contributed by atoms with Crippen LogP contribution >= 0.6 is 11.3 Å². The Morgan fingerprint density at radius 2 is 1.62 bits per heavy atom. The second-order valence-electron chi connectivity index (χ2n) is 12.6. The van der Waals surface area contributed by atoms with Gasteiger partial charge in [-0.15, -0.1) is 11.3 Å². The Morgan fingerprint density at radius 1 is 0.872 bits per heavy atom. The first-order valence-electron chi connectivity index (χ1n) is 16.8. The normalized spacial score (nSPS) is 18.3. The standard InChI is InChI=1S/C37H43N5O4S/c1-26-22-29-31(38-25-28-8-5-15-42(28)37(29)43)24-33(26)46-21-7-14-41-18-16-40(17-19-41)13-6-20-45-32-12-11-27(23-34(32)44-2)36-39-30-9-3-4-10-35(30)47-36/h3-4,9-12,22-25,28H,5-8,13-21H2,1-2H3/t28-/m0/s1. The smallest absolute Gasteiger partial charge is 0.256 e. The summed E-state index contributed by atoms with van der Waals surface area (Å²) in [5.41, 5.74) is 4.46. The first kappa shape index (κ1) is 31.6. The summed E-state index contributed by atoms with van der Waals surface area (Å²) in [6, 6.07) is 18.3. The summed E-state index contributed by atoms with van der Waals surface area (Å²) in [6.07, 6.45) is 5.89. The zero-order valence-electron chi connectivity index (χ0n) is 27.3. The van der Waals surface area contributed by atoms with Crippen molar-refractivity contribution < 1.29 is 19.0 Å². The molecule has 0 spiro atoms. The largest absolute Gasteiger partial charge is 0.493 e. The summed E-state index contributed by atoms with van der Waals surface area (Å²) in [5.74, 6) is 2.42. The molecule has 1 aromatic heterocycles. The number of ether oxygens (including phenoxy) is 3. The van der Waals surface area contributed by atoms with Gasteiger partial charge in [-0.05, 0) is 74.6 Å². The number of methoxy groups -OCH3 is 1. The molecular formula is C37H43N5O4S. The lowest BCUT2D eigenvalue weighted by Gasteiger charge is -2.34. The molecule has 1 amide bonds. The summed E-state index contributed by atoms with van der Waals surface area (Å²) >= 11 is 1.69. The minimum Gasteiger partial charge on any atom is -0.493 e. The molecule has 3 aliphatic heterocycles. The predicted octanol–water partition coefficient (Wildman–Crippen LogP) is 6.46. The van der Waals surface area contributed by atoms with E-state index in [2.05, 4.69) is 26.9 Å². The topological polar surface area (TPSA) is 79.7 Å². The third-order valence-corrected chi connectivity index (χ3v) is 10.5. The maximum absolute atomic E-state index is 13.1. The van der Waals surface area contributed by atoms with Crippen LogP contribution in [0.4, 0.5) is 5.69 Å². The number of nitrogens with zero attached hydrogens (tertiary/aromatic N) is 5. The number of amides is 1. The van der Waals surface area contributed by atoms with E-state index in [1.165, 1.54) is 4.70 Å². The molecule has 4 heterocycles. The Morgan fingerprint density at radius 3 is 2.36 bits per heavy atom. The number of aliphatic imine (C=N–C) groups is 1. The fourth-order valence-corrected chi connectivity index (χ4v) is 7.69. The Hall–Kier alpha value is -3.99. The van der Waals surface area contributed by atoms with Crippen molar-refractivity contribution in [3.8, 4) is 27.8 Å². The van der Waals surface area contributed by atoms with Crippen LogP contribution in [-0.4, -0.2) is 104 Å². The molecule has 7 rings (SSSR count). The Kier molecular flexibility index (Phi) is 9.69. The molecular weight excluding hydrogens is 611 g/mol. The minimum atomic E-state index is 0.0910. The van der Waals surface area contributed by atoms with E-state index in [1.807, 2.05) is 60.5 Å². The molecule has 0 unspecified atom stereocenters. The van der Waals surface area contributed by atoms with Crippen molar-refractivity contribution in [1.82, 2.24) is 19.7 Å². The SMILES string of the molecule is COc1cc(-c2nc3ccccc3s2)ccc1OCCCN1CCN(CCCOc2cc3c(cc2C)C(=O)N2CCC[C@H]2C=N3)CC1. The van der Waals surface area contributed by atoms with E-state index in [-0.39, 0.29) is 11.9 Å². The molecule has 3 aliphatic rings. The zero-order valence-corrected chi connectivity index (χ0v) is 28.1. The highest BCUT2D eigenvalue weighted by Gasteiger charge is 2.32. The van der Waals surface area contributed by atoms with Crippen molar-refractivity contribution >= 4 is 39.4 Å². The molecule has 9 nitrogen and oxygen atoms in total. The van der Waals surface area contributed by atoms with Crippen molar-refractivity contribution in [2.45, 2.75) is 38.6 Å². The monoisotopic (exact) mass is 653 g/mol. The van der Waals surface area contributed by atoms with Crippen LogP contribution < -0.4 is 14.2 Å². The third-order valence-electron chi connectivity index (χ3n) is 9.39. The van der Waals surface area contributed by atoms with E-state index in [9.17, 15) is 4.79 Å². The van der Waals surface area contributed by atoms with Crippen LogP contribution in [0.5, 0.6) is 17.2 Å². The quantitative estimate of drug-likeness (QED) is 0.163. The lowest BCUT2D eigenvalue weighted by atomic mass is 10.1. The van der Waals surface area contributed by atoms with Gasteiger partial charge >= 0.3 is 0 Å². The maximum Gasteiger partial charge on any atom is 0.256 e. The Labute approximate surface area is 280 Å². The van der Waals surface area contributed by atoms with Gasteiger partial charge in [0, 0.05) is 63.7 Å². The van der Waals surface area contributed by atoms with Gasteiger partial charge in [0.2, 0.25) is 0 Å². The van der Waals surface area contributed by atoms with Crippen molar-refractivity contribution in [3.63, 3.8) is 0 Å². The highest BCUT2D eigenvalue weighted by molar-refractivity contribution is 7.21. The van der Waals surface area contributed by atoms with E-state index in [0.29, 0.717) is 18.8 Å². The Bertz CT molecular complexity index is 1720. The van der Waals surface area contributed by atoms with Gasteiger partial charge in [0.25, 0.3) is 5.91 Å². The number of benzene rings is 3. The van der Waals surface area contributed by atoms with Crippen LogP contribution in [0.15, 0.2) is 59.6 Å². The molecule has 0 N–H and O–H groups in total. The zero-order chi connectivity index (χ0) is 32.2. The van der Waals surface area contributed by atoms with Crippen LogP contribution in [0.25, 0.3) is 20.8 Å². The summed E-state index contributed by atoms with van der Waals surface area (Å²) in [7, 11) is 1.69. The summed E-state index contributed by atoms with van der Waals surface area (Å²) in [5, 5.41) is 0.983. The van der Waals surface area contributed by atoms with E-state index < -0.39 is 0 Å². The molecule has 3 aromatic carbocycles. The number of carbonyl (C=O) groups excluding carboxylic acids is 1. The van der Waals surface area contributed by atoms with Gasteiger partial charge < -0.3 is 28.9 Å². The second-order valence-corrected chi connectivity index (χ2v) is 13.6. The van der Waals surface area contributed by atoms with Gasteiger partial charge in [-0.1, -0.05) is 12.1 Å². The molecule has 1 atom stereocenters. The van der Waals surface area contributed by atoms with Crippen molar-refractivity contribution in [2.24, 2.45) is 4.99 Å². The lowest BCUT2D eigenvalue weighted by molar-refractivity contribution is 0.0774. The molecule has 2 fully saturated rings. The summed E-state index contributed by atoms with van der Waals surface area (Å²) < 4.78 is 19.2. The number of thiazole rings is 1. The molecule has 4 aromatic rings. The number of para-hydroxylation sites is 1. The number of piperazine rings is 1. The summed E-state index contributed by atoms with van der Waals surface area (Å²) in [4.78, 5) is 29.5. The van der Waals surface area contributed by atoms with Crippen molar-refractivity contribution in [2.75, 3.05) is 66.1 Å². The maximum atomic E-state index is 13.1. The minimum absolute atomic E-state index is 0.0910. The number of aryl methyl sites for hydroxylation is 1. The highest BCUT2D eigenvalue weighted by atomic mass is 32.1. The average molecular weight is 654 g/mol. The van der Waals surface area contributed by atoms with E-state index >= 15 is 0 Å². The number of fused-ring (bicyclic) bond motifs is 3. The second kappa shape index (κ2) is 14.4. The molecule has 0 bridgehead atoms. The number of hydrogen-bond acceptors (Lipinski definition) is 9. The highest BCUT2D eigenvalue weighted by Crippen LogP contribution is 2.36. The van der Waals surface area contributed by atoms with Crippen LogP contribution in [0.2, 0.25) is 0 Å². The van der Waals surface area contributed by atoms with Crippen molar-refractivity contribution in [3.05, 3.63) is 65.7 Å². The van der Waals surface area contributed by atoms with Gasteiger partial charge in [0.15, 0.2) is 11.5 Å². The van der Waals surface area contributed by atoms with Gasteiger partial charge in [0.05, 0.1) is 47.8 Å². The van der Waals surface area contributed by atoms with Gasteiger partial charge in [0.1, 0.15) is 10.8 Å². The van der Waals surface area contributed by atoms with E-state index in [0.717, 1.165) is 116 Å². The first-order valence-corrected chi connectivity index (χ1v) is 17.6. The third kappa shape index (κ3) is 7.15. The molecule has 0 radical (unpaired) electrons. The first-order chi connectivity index (χ1) is 23.1. The van der Waals surface area contributed by atoms with E-state index in [4.69, 9.17) is 19.2 Å². The van der Waals surface area contributed by atoms with Gasteiger partial charge in [-0.3, -0.25) is 9.79 Å². The predicted molar refractivity (Wildman–Crippen MR) is 188 cm³/mol. The Balaban J connectivity index is 0.811. The number of carbonyl (C=O) groups is 1. The van der Waals surface area contributed by atoms with Crippen LogP contribution in [0, 0.1) is 6.92 Å². The molecule has 10 heteroatoms. The molecule has 246 valence electrons. The van der Waals surface area contributed by atoms with E-state index in [1.54, 1.807) is 18.4 Å². The lowest BCUT2D eigenvalue weighted by Crippen LogP contribution is -2.47. The average Bonchev–Trinajstić information content (AvgIpc) is 3.74. The fourth-order valence-electron chi connectivity index (χ4n) is 6.72. The van der Waals surface area contributed by atoms with Crippen molar-refractivity contribution in [1.29, 1.82) is 0 Å². The molecule has 0 aliphatic carbocycles. The van der Waals surface area contributed by atoms with Crippen LogP contribution in [-0.2, 0) is 0 Å². The van der Waals surface area contributed by atoms with Gasteiger partial charge in [-0.2, -0.15) is 0 Å². The summed E-state index contributed by atoms with van der Waals surface area (Å²) in [6.45, 7) is 10.4. The molecule has 2 saturated heterocycles. The number of hydrogen-bond donors (Lipinski definition) is 0.